The van der Waals surface area contributed by atoms with E-state index in [1.54, 1.807) is 11.3 Å². The van der Waals surface area contributed by atoms with E-state index in [0.717, 1.165) is 11.3 Å². The second kappa shape index (κ2) is 6.84. The summed E-state index contributed by atoms with van der Waals surface area (Å²) in [4.78, 5) is 11.1. The second-order valence-corrected chi connectivity index (χ2v) is 6.61. The Labute approximate surface area is 139 Å². The monoisotopic (exact) mass is 325 g/mol. The van der Waals surface area contributed by atoms with Crippen molar-refractivity contribution < 1.29 is 9.53 Å². The van der Waals surface area contributed by atoms with Crippen LogP contribution in [0.5, 0.6) is 5.75 Å². The minimum Gasteiger partial charge on any atom is -0.489 e. The summed E-state index contributed by atoms with van der Waals surface area (Å²) in [7, 11) is 0. The maximum atomic E-state index is 11.1. The van der Waals surface area contributed by atoms with E-state index in [1.807, 2.05) is 43.3 Å². The molecule has 0 spiro atoms. The Hall–Kier alpha value is -2.33. The summed E-state index contributed by atoms with van der Waals surface area (Å²) in [5.41, 5.74) is 7.63. The van der Waals surface area contributed by atoms with Crippen LogP contribution in [-0.4, -0.2) is 5.91 Å². The highest BCUT2D eigenvalue weighted by atomic mass is 32.1. The maximum absolute atomic E-state index is 11.1. The third-order valence-electron chi connectivity index (χ3n) is 3.86. The number of primary amides is 1. The van der Waals surface area contributed by atoms with Gasteiger partial charge in [-0.25, -0.2) is 0 Å². The smallest absolute Gasteiger partial charge is 0.218 e. The van der Waals surface area contributed by atoms with Gasteiger partial charge in [-0.1, -0.05) is 37.3 Å². The van der Waals surface area contributed by atoms with Crippen molar-refractivity contribution in [3.05, 3.63) is 65.0 Å². The van der Waals surface area contributed by atoms with Gasteiger partial charge in [-0.15, -0.1) is 11.3 Å². The van der Waals surface area contributed by atoms with Crippen molar-refractivity contribution in [3.63, 3.8) is 0 Å². The lowest BCUT2D eigenvalue weighted by Gasteiger charge is -2.09. The van der Waals surface area contributed by atoms with Gasteiger partial charge in [0.05, 0.1) is 0 Å². The van der Waals surface area contributed by atoms with Gasteiger partial charge in [0, 0.05) is 11.1 Å². The summed E-state index contributed by atoms with van der Waals surface area (Å²) in [6, 6.07) is 16.2. The van der Waals surface area contributed by atoms with Gasteiger partial charge in [0.15, 0.2) is 0 Å². The predicted octanol–water partition coefficient (Wildman–Crippen LogP) is 4.46. The van der Waals surface area contributed by atoms with Crippen molar-refractivity contribution in [2.75, 3.05) is 0 Å². The molecular weight excluding hydrogens is 306 g/mol. The normalized spacial score (nSPS) is 12.2. The molecule has 0 saturated carbocycles. The van der Waals surface area contributed by atoms with E-state index in [9.17, 15) is 4.79 Å². The standard InChI is InChI=1S/C19H19NO2S/c1-13(9-19(20)21)17-12-23-18-10-15(7-8-16(17)18)22-11-14-5-3-2-4-6-14/h2-8,10,12-13H,9,11H2,1H3,(H2,20,21). The van der Waals surface area contributed by atoms with Crippen LogP contribution < -0.4 is 10.5 Å². The summed E-state index contributed by atoms with van der Waals surface area (Å²) in [5.74, 6) is 0.731. The Kier molecular flexibility index (Phi) is 4.63. The number of nitrogens with two attached hydrogens (primary N) is 1. The molecule has 3 aromatic rings. The molecule has 1 unspecified atom stereocenters. The van der Waals surface area contributed by atoms with E-state index >= 15 is 0 Å². The molecule has 0 aliphatic carbocycles. The van der Waals surface area contributed by atoms with E-state index in [4.69, 9.17) is 10.5 Å². The number of hydrogen-bond donors (Lipinski definition) is 1. The minimum atomic E-state index is -0.264. The van der Waals surface area contributed by atoms with Crippen LogP contribution in [0, 0.1) is 0 Å². The maximum Gasteiger partial charge on any atom is 0.218 e. The number of fused-ring (bicyclic) bond motifs is 1. The number of carbonyl (C=O) groups excluding carboxylic acids is 1. The number of amides is 1. The minimum absolute atomic E-state index is 0.136. The van der Waals surface area contributed by atoms with Crippen LogP contribution in [0.25, 0.3) is 10.1 Å². The van der Waals surface area contributed by atoms with Crippen LogP contribution in [0.2, 0.25) is 0 Å². The number of hydrogen-bond acceptors (Lipinski definition) is 3. The van der Waals surface area contributed by atoms with Crippen LogP contribution >= 0.6 is 11.3 Å². The van der Waals surface area contributed by atoms with Crippen molar-refractivity contribution >= 4 is 27.3 Å². The molecule has 2 N–H and O–H groups in total. The van der Waals surface area contributed by atoms with Crippen LogP contribution in [0.4, 0.5) is 0 Å². The van der Waals surface area contributed by atoms with Crippen LogP contribution in [0.15, 0.2) is 53.9 Å². The first-order chi connectivity index (χ1) is 11.1. The first kappa shape index (κ1) is 15.6. The highest BCUT2D eigenvalue weighted by Crippen LogP contribution is 2.35. The predicted molar refractivity (Wildman–Crippen MR) is 94.8 cm³/mol. The van der Waals surface area contributed by atoms with Gasteiger partial charge in [0.2, 0.25) is 5.91 Å². The van der Waals surface area contributed by atoms with Gasteiger partial charge in [-0.3, -0.25) is 4.79 Å². The topological polar surface area (TPSA) is 52.3 Å². The second-order valence-electron chi connectivity index (χ2n) is 5.69. The Morgan fingerprint density at radius 3 is 2.74 bits per heavy atom. The fourth-order valence-corrected chi connectivity index (χ4v) is 3.76. The Morgan fingerprint density at radius 2 is 2.00 bits per heavy atom. The highest BCUT2D eigenvalue weighted by molar-refractivity contribution is 7.17. The molecule has 4 heteroatoms. The molecule has 0 saturated heterocycles. The van der Waals surface area contributed by atoms with Crippen molar-refractivity contribution in [1.29, 1.82) is 0 Å². The van der Waals surface area contributed by atoms with E-state index < -0.39 is 0 Å². The molecule has 23 heavy (non-hydrogen) atoms. The lowest BCUT2D eigenvalue weighted by atomic mass is 9.97. The zero-order valence-corrected chi connectivity index (χ0v) is 13.8. The van der Waals surface area contributed by atoms with Crippen LogP contribution in [-0.2, 0) is 11.4 Å². The zero-order valence-electron chi connectivity index (χ0n) is 13.0. The molecule has 0 aliphatic rings. The molecule has 1 heterocycles. The average molecular weight is 325 g/mol. The Bertz CT molecular complexity index is 811. The number of rotatable bonds is 6. The third kappa shape index (κ3) is 3.71. The molecule has 0 bridgehead atoms. The summed E-state index contributed by atoms with van der Waals surface area (Å²) >= 11 is 1.67. The van der Waals surface area contributed by atoms with Gasteiger partial charge >= 0.3 is 0 Å². The molecular formula is C19H19NO2S. The largest absolute Gasteiger partial charge is 0.489 e. The van der Waals surface area contributed by atoms with Gasteiger partial charge in [-0.05, 0) is 46.0 Å². The van der Waals surface area contributed by atoms with E-state index in [2.05, 4.69) is 17.5 Å². The van der Waals surface area contributed by atoms with Crippen molar-refractivity contribution in [2.45, 2.75) is 25.9 Å². The van der Waals surface area contributed by atoms with E-state index in [1.165, 1.54) is 15.6 Å². The van der Waals surface area contributed by atoms with Crippen LogP contribution in [0.1, 0.15) is 30.4 Å². The fourth-order valence-electron chi connectivity index (χ4n) is 2.65. The Balaban J connectivity index is 1.76. The van der Waals surface area contributed by atoms with Crippen molar-refractivity contribution in [3.8, 4) is 5.75 Å². The zero-order chi connectivity index (χ0) is 16.2. The number of thiophene rings is 1. The Morgan fingerprint density at radius 1 is 1.22 bits per heavy atom. The first-order valence-electron chi connectivity index (χ1n) is 7.59. The molecule has 0 aliphatic heterocycles. The van der Waals surface area contributed by atoms with Gasteiger partial charge in [0.1, 0.15) is 12.4 Å². The summed E-state index contributed by atoms with van der Waals surface area (Å²) < 4.78 is 7.04. The molecule has 1 aromatic heterocycles. The lowest BCUT2D eigenvalue weighted by molar-refractivity contribution is -0.118. The molecule has 118 valence electrons. The summed E-state index contributed by atoms with van der Waals surface area (Å²) in [6.07, 6.45) is 0.373. The average Bonchev–Trinajstić information content (AvgIpc) is 2.96. The van der Waals surface area contributed by atoms with Gasteiger partial charge in [-0.2, -0.15) is 0 Å². The van der Waals surface area contributed by atoms with Gasteiger partial charge in [0.25, 0.3) is 0 Å². The molecule has 0 fully saturated rings. The number of ether oxygens (including phenoxy) is 1. The number of benzene rings is 2. The molecule has 1 amide bonds. The third-order valence-corrected chi connectivity index (χ3v) is 4.83. The molecule has 3 rings (SSSR count). The van der Waals surface area contributed by atoms with Crippen molar-refractivity contribution in [2.24, 2.45) is 5.73 Å². The quantitative estimate of drug-likeness (QED) is 0.727. The molecule has 1 atom stereocenters. The molecule has 3 nitrogen and oxygen atoms in total. The number of carbonyl (C=O) groups is 1. The molecule has 0 radical (unpaired) electrons. The first-order valence-corrected chi connectivity index (χ1v) is 8.47. The lowest BCUT2D eigenvalue weighted by Crippen LogP contribution is -2.13. The summed E-state index contributed by atoms with van der Waals surface area (Å²) in [5, 5.41) is 3.29. The highest BCUT2D eigenvalue weighted by Gasteiger charge is 2.14. The van der Waals surface area contributed by atoms with Crippen LogP contribution in [0.3, 0.4) is 0 Å². The molecule has 2 aromatic carbocycles. The SMILES string of the molecule is CC(CC(N)=O)c1csc2cc(OCc3ccccc3)ccc12. The summed E-state index contributed by atoms with van der Waals surface area (Å²) in [6.45, 7) is 2.59. The van der Waals surface area contributed by atoms with Gasteiger partial charge < -0.3 is 10.5 Å². The van der Waals surface area contributed by atoms with E-state index in [-0.39, 0.29) is 11.8 Å². The fraction of sp³-hybridized carbons (Fsp3) is 0.211. The van der Waals surface area contributed by atoms with E-state index in [0.29, 0.717) is 13.0 Å². The van der Waals surface area contributed by atoms with Crippen molar-refractivity contribution in [1.82, 2.24) is 0 Å².